The molecular weight excluding hydrogens is 269 g/mol. The average molecular weight is 289 g/mol. The number of likely N-dealkylation sites (tertiary alicyclic amines) is 2. The number of carbonyl (C=O) groups excluding carboxylic acids is 1. The average Bonchev–Trinajstić information content (AvgIpc) is 3.06. The van der Waals surface area contributed by atoms with Crippen LogP contribution >= 0.6 is 0 Å². The molecule has 3 fully saturated rings. The third-order valence-electron chi connectivity index (χ3n) is 5.14. The van der Waals surface area contributed by atoms with Crippen molar-refractivity contribution in [1.82, 2.24) is 14.8 Å². The van der Waals surface area contributed by atoms with Crippen LogP contribution in [-0.2, 0) is 0 Å². The van der Waals surface area contributed by atoms with Crippen LogP contribution in [0.2, 0.25) is 0 Å². The summed E-state index contributed by atoms with van der Waals surface area (Å²) in [6.07, 6.45) is 7.37. The zero-order valence-electron chi connectivity index (χ0n) is 12.0. The summed E-state index contributed by atoms with van der Waals surface area (Å²) in [5.74, 6) is 0.195. The fraction of sp³-hybridized carbons (Fsp3) is 0.625. The number of hydrogen-bond acceptors (Lipinski definition) is 3. The van der Waals surface area contributed by atoms with Gasteiger partial charge >= 0.3 is 0 Å². The highest BCUT2D eigenvalue weighted by Crippen LogP contribution is 2.37. The first-order chi connectivity index (χ1) is 10.2. The van der Waals surface area contributed by atoms with Crippen LogP contribution in [0.3, 0.4) is 0 Å². The summed E-state index contributed by atoms with van der Waals surface area (Å²) in [7, 11) is 0. The molecule has 1 aliphatic carbocycles. The van der Waals surface area contributed by atoms with Crippen LogP contribution in [0.4, 0.5) is 4.39 Å². The topological polar surface area (TPSA) is 36.4 Å². The van der Waals surface area contributed by atoms with E-state index in [-0.39, 0.29) is 17.5 Å². The fourth-order valence-corrected chi connectivity index (χ4v) is 3.89. The van der Waals surface area contributed by atoms with Gasteiger partial charge in [0.2, 0.25) is 0 Å². The van der Waals surface area contributed by atoms with Crippen LogP contribution in [0.25, 0.3) is 0 Å². The maximum absolute atomic E-state index is 13.8. The van der Waals surface area contributed by atoms with Crippen LogP contribution in [0.5, 0.6) is 0 Å². The predicted molar refractivity (Wildman–Crippen MR) is 76.3 cm³/mol. The van der Waals surface area contributed by atoms with Crippen molar-refractivity contribution in [3.63, 3.8) is 0 Å². The molecule has 2 atom stereocenters. The van der Waals surface area contributed by atoms with Crippen LogP contribution in [0.1, 0.15) is 36.0 Å². The zero-order chi connectivity index (χ0) is 14.4. The molecular formula is C16H20FN3O. The number of rotatable bonds is 3. The maximum atomic E-state index is 13.8. The molecule has 1 amide bonds. The smallest absolute Gasteiger partial charge is 0.257 e. The van der Waals surface area contributed by atoms with Gasteiger partial charge in [-0.15, -0.1) is 0 Å². The van der Waals surface area contributed by atoms with E-state index in [9.17, 15) is 9.18 Å². The predicted octanol–water partition coefficient (Wildman–Crippen LogP) is 1.92. The molecule has 2 aliphatic heterocycles. The van der Waals surface area contributed by atoms with Gasteiger partial charge in [0.25, 0.3) is 5.91 Å². The number of carbonyl (C=O) groups is 1. The van der Waals surface area contributed by atoms with Gasteiger partial charge in [0.05, 0.1) is 11.8 Å². The Balaban J connectivity index is 1.50. The molecule has 3 aliphatic rings. The lowest BCUT2D eigenvalue weighted by molar-refractivity contribution is 0.0727. The third kappa shape index (κ3) is 2.33. The summed E-state index contributed by atoms with van der Waals surface area (Å²) in [4.78, 5) is 20.7. The molecule has 0 radical (unpaired) electrons. The van der Waals surface area contributed by atoms with Gasteiger partial charge in [-0.25, -0.2) is 4.39 Å². The highest BCUT2D eigenvalue weighted by molar-refractivity contribution is 5.94. The van der Waals surface area contributed by atoms with Crippen molar-refractivity contribution in [3.05, 3.63) is 29.8 Å². The number of amides is 1. The summed E-state index contributed by atoms with van der Waals surface area (Å²) in [6, 6.07) is 2.24. The molecule has 0 unspecified atom stereocenters. The Labute approximate surface area is 123 Å². The minimum Gasteiger partial charge on any atom is -0.334 e. The number of aromatic nitrogens is 1. The van der Waals surface area contributed by atoms with Crippen molar-refractivity contribution in [3.8, 4) is 0 Å². The first-order valence-electron chi connectivity index (χ1n) is 7.88. The van der Waals surface area contributed by atoms with E-state index < -0.39 is 5.82 Å². The highest BCUT2D eigenvalue weighted by atomic mass is 19.1. The highest BCUT2D eigenvalue weighted by Gasteiger charge is 2.45. The molecule has 0 N–H and O–H groups in total. The molecule has 4 rings (SSSR count). The van der Waals surface area contributed by atoms with Crippen molar-refractivity contribution in [2.75, 3.05) is 19.6 Å². The molecule has 21 heavy (non-hydrogen) atoms. The van der Waals surface area contributed by atoms with Crippen molar-refractivity contribution in [2.45, 2.75) is 37.8 Å². The Hall–Kier alpha value is -1.49. The Morgan fingerprint density at radius 2 is 2.05 bits per heavy atom. The van der Waals surface area contributed by atoms with Crippen molar-refractivity contribution < 1.29 is 9.18 Å². The Kier molecular flexibility index (Phi) is 3.17. The standard InChI is InChI=1S/C16H20FN3O/c17-13-9-18-6-3-12(13)16(21)20-8-5-14-15(20)4-7-19(14)10-11-1-2-11/h3,6,9,11,14-15H,1-2,4-5,7-8,10H2/t14-,15+/m1/s1. The minimum absolute atomic E-state index is 0.159. The van der Waals surface area contributed by atoms with Gasteiger partial charge in [0.15, 0.2) is 5.82 Å². The molecule has 112 valence electrons. The van der Waals surface area contributed by atoms with Crippen LogP contribution in [-0.4, -0.2) is 52.4 Å². The molecule has 1 saturated carbocycles. The van der Waals surface area contributed by atoms with Gasteiger partial charge < -0.3 is 4.90 Å². The third-order valence-corrected chi connectivity index (χ3v) is 5.14. The number of nitrogens with zero attached hydrogens (tertiary/aromatic N) is 3. The molecule has 2 saturated heterocycles. The van der Waals surface area contributed by atoms with Crippen LogP contribution < -0.4 is 0 Å². The Bertz CT molecular complexity index is 560. The van der Waals surface area contributed by atoms with E-state index in [1.807, 2.05) is 4.90 Å². The van der Waals surface area contributed by atoms with E-state index in [4.69, 9.17) is 0 Å². The molecule has 4 nitrogen and oxygen atoms in total. The van der Waals surface area contributed by atoms with E-state index in [0.717, 1.165) is 38.0 Å². The molecule has 0 spiro atoms. The first-order valence-corrected chi connectivity index (χ1v) is 7.88. The lowest BCUT2D eigenvalue weighted by Crippen LogP contribution is -2.40. The van der Waals surface area contributed by atoms with Crippen LogP contribution in [0.15, 0.2) is 18.5 Å². The lowest BCUT2D eigenvalue weighted by Gasteiger charge is -2.25. The normalized spacial score (nSPS) is 28.9. The number of hydrogen-bond donors (Lipinski definition) is 0. The molecule has 0 bridgehead atoms. The van der Waals surface area contributed by atoms with Gasteiger partial charge in [0, 0.05) is 37.9 Å². The summed E-state index contributed by atoms with van der Waals surface area (Å²) in [6.45, 7) is 3.01. The molecule has 0 aromatic carbocycles. The molecule has 3 heterocycles. The quantitative estimate of drug-likeness (QED) is 0.853. The van der Waals surface area contributed by atoms with Gasteiger partial charge in [-0.2, -0.15) is 0 Å². The van der Waals surface area contributed by atoms with E-state index in [1.165, 1.54) is 31.6 Å². The molecule has 1 aromatic rings. The number of fused-ring (bicyclic) bond motifs is 1. The van der Waals surface area contributed by atoms with Crippen molar-refractivity contribution in [1.29, 1.82) is 0 Å². The van der Waals surface area contributed by atoms with Gasteiger partial charge in [0.1, 0.15) is 0 Å². The SMILES string of the molecule is O=C(c1ccncc1F)N1CC[C@@H]2[C@@H]1CCN2CC1CC1. The zero-order valence-corrected chi connectivity index (χ0v) is 12.0. The van der Waals surface area contributed by atoms with Gasteiger partial charge in [-0.1, -0.05) is 0 Å². The van der Waals surface area contributed by atoms with Crippen molar-refractivity contribution in [2.24, 2.45) is 5.92 Å². The minimum atomic E-state index is -0.515. The lowest BCUT2D eigenvalue weighted by atomic mass is 10.1. The number of halogens is 1. The second kappa shape index (κ2) is 5.05. The molecule has 1 aromatic heterocycles. The monoisotopic (exact) mass is 289 g/mol. The second-order valence-corrected chi connectivity index (χ2v) is 6.50. The van der Waals surface area contributed by atoms with Crippen LogP contribution in [0, 0.1) is 11.7 Å². The molecule has 5 heteroatoms. The Morgan fingerprint density at radius 1 is 1.24 bits per heavy atom. The van der Waals surface area contributed by atoms with E-state index >= 15 is 0 Å². The van der Waals surface area contributed by atoms with E-state index in [1.54, 1.807) is 0 Å². The maximum Gasteiger partial charge on any atom is 0.257 e. The van der Waals surface area contributed by atoms with Gasteiger partial charge in [-0.05, 0) is 37.7 Å². The van der Waals surface area contributed by atoms with E-state index in [0.29, 0.717) is 6.04 Å². The largest absolute Gasteiger partial charge is 0.334 e. The summed E-state index contributed by atoms with van der Waals surface area (Å²) >= 11 is 0. The fourth-order valence-electron chi connectivity index (χ4n) is 3.89. The summed E-state index contributed by atoms with van der Waals surface area (Å²) in [5.41, 5.74) is 0.159. The summed E-state index contributed by atoms with van der Waals surface area (Å²) < 4.78 is 13.8. The number of pyridine rings is 1. The second-order valence-electron chi connectivity index (χ2n) is 6.50. The summed E-state index contributed by atoms with van der Waals surface area (Å²) in [5, 5.41) is 0. The van der Waals surface area contributed by atoms with Gasteiger partial charge in [-0.3, -0.25) is 14.7 Å². The Morgan fingerprint density at radius 3 is 2.81 bits per heavy atom. The first kappa shape index (κ1) is 13.2. The van der Waals surface area contributed by atoms with E-state index in [2.05, 4.69) is 9.88 Å². The van der Waals surface area contributed by atoms with Crippen molar-refractivity contribution >= 4 is 5.91 Å².